The second-order valence-electron chi connectivity index (χ2n) is 7.72. The summed E-state index contributed by atoms with van der Waals surface area (Å²) in [6.07, 6.45) is 3.85. The highest BCUT2D eigenvalue weighted by molar-refractivity contribution is 7.12. The van der Waals surface area contributed by atoms with Crippen molar-refractivity contribution in [1.29, 1.82) is 0 Å². The van der Waals surface area contributed by atoms with Crippen molar-refractivity contribution in [3.63, 3.8) is 0 Å². The van der Waals surface area contributed by atoms with Crippen molar-refractivity contribution in [2.24, 2.45) is 0 Å². The minimum Gasteiger partial charge on any atom is -0.378 e. The van der Waals surface area contributed by atoms with Crippen LogP contribution >= 0.6 is 11.3 Å². The zero-order chi connectivity index (χ0) is 20.4. The molecule has 1 fully saturated rings. The van der Waals surface area contributed by atoms with Crippen LogP contribution in [0.5, 0.6) is 0 Å². The fraction of sp³-hybridized carbons (Fsp3) is 0.364. The number of anilines is 2. The number of carbonyl (C=O) groups is 1. The van der Waals surface area contributed by atoms with Gasteiger partial charge in [0.25, 0.3) is 5.91 Å². The summed E-state index contributed by atoms with van der Waals surface area (Å²) in [4.78, 5) is 20.4. The molecule has 0 bridgehead atoms. The zero-order valence-corrected chi connectivity index (χ0v) is 18.0. The van der Waals surface area contributed by atoms with Gasteiger partial charge in [0.05, 0.1) is 10.6 Å². The van der Waals surface area contributed by atoms with Gasteiger partial charge in [0.2, 0.25) is 0 Å². The summed E-state index contributed by atoms with van der Waals surface area (Å²) in [5.74, 6) is 0.759. The Hall–Kier alpha value is -2.64. The van der Waals surface area contributed by atoms with Crippen molar-refractivity contribution in [1.82, 2.24) is 14.7 Å². The van der Waals surface area contributed by atoms with Gasteiger partial charge < -0.3 is 9.80 Å². The van der Waals surface area contributed by atoms with E-state index in [1.54, 1.807) is 0 Å². The molecule has 1 amide bonds. The third kappa shape index (κ3) is 4.21. The predicted octanol–water partition coefficient (Wildman–Crippen LogP) is 3.74. The molecular weight excluding hydrogens is 382 g/mol. The van der Waals surface area contributed by atoms with Crippen LogP contribution in [0.1, 0.15) is 22.5 Å². The number of rotatable bonds is 5. The molecule has 0 aliphatic carbocycles. The van der Waals surface area contributed by atoms with Crippen LogP contribution in [-0.4, -0.2) is 60.9 Å². The highest BCUT2D eigenvalue weighted by Crippen LogP contribution is 2.27. The first kappa shape index (κ1) is 19.7. The molecule has 0 N–H and O–H groups in total. The summed E-state index contributed by atoms with van der Waals surface area (Å²) in [6, 6.07) is 14.2. The average Bonchev–Trinajstić information content (AvgIpc) is 3.42. The van der Waals surface area contributed by atoms with Gasteiger partial charge in [0, 0.05) is 38.1 Å². The number of carbonyl (C=O) groups excluding carboxylic acids is 1. The molecule has 7 heteroatoms. The van der Waals surface area contributed by atoms with Gasteiger partial charge in [-0.25, -0.2) is 4.68 Å². The lowest BCUT2D eigenvalue weighted by Gasteiger charge is -2.36. The van der Waals surface area contributed by atoms with Crippen molar-refractivity contribution in [3.05, 3.63) is 58.9 Å². The maximum absolute atomic E-state index is 13.3. The lowest BCUT2D eigenvalue weighted by molar-refractivity contribution is 0.0966. The zero-order valence-electron chi connectivity index (χ0n) is 17.2. The maximum Gasteiger partial charge on any atom is 0.269 e. The fourth-order valence-corrected chi connectivity index (χ4v) is 4.39. The van der Waals surface area contributed by atoms with Crippen LogP contribution < -0.4 is 9.80 Å². The number of hydrogen-bond acceptors (Lipinski definition) is 5. The number of likely N-dealkylation sites (tertiary alicyclic amines) is 1. The molecule has 3 heterocycles. The summed E-state index contributed by atoms with van der Waals surface area (Å²) in [6.45, 7) is 1.98. The van der Waals surface area contributed by atoms with Crippen LogP contribution in [0.15, 0.2) is 54.0 Å². The third-order valence-electron chi connectivity index (χ3n) is 5.44. The Labute approximate surface area is 176 Å². The van der Waals surface area contributed by atoms with Gasteiger partial charge in [0.15, 0.2) is 5.82 Å². The summed E-state index contributed by atoms with van der Waals surface area (Å²) in [5, 5.41) is 6.75. The minimum absolute atomic E-state index is 0.0434. The van der Waals surface area contributed by atoms with Crippen LogP contribution in [-0.2, 0) is 0 Å². The molecule has 0 spiro atoms. The number of benzene rings is 1. The molecule has 0 unspecified atom stereocenters. The molecule has 2 aromatic heterocycles. The van der Waals surface area contributed by atoms with E-state index in [1.807, 2.05) is 65.6 Å². The maximum atomic E-state index is 13.3. The molecule has 152 valence electrons. The van der Waals surface area contributed by atoms with E-state index in [-0.39, 0.29) is 11.9 Å². The summed E-state index contributed by atoms with van der Waals surface area (Å²) >= 11 is 1.49. The monoisotopic (exact) mass is 409 g/mol. The average molecular weight is 410 g/mol. The molecule has 1 aliphatic rings. The molecule has 29 heavy (non-hydrogen) atoms. The largest absolute Gasteiger partial charge is 0.378 e. The lowest BCUT2D eigenvalue weighted by Crippen LogP contribution is -2.47. The van der Waals surface area contributed by atoms with E-state index in [1.165, 1.54) is 11.3 Å². The third-order valence-corrected chi connectivity index (χ3v) is 6.29. The summed E-state index contributed by atoms with van der Waals surface area (Å²) < 4.78 is 1.85. The van der Waals surface area contributed by atoms with E-state index in [9.17, 15) is 4.79 Å². The van der Waals surface area contributed by atoms with Gasteiger partial charge >= 0.3 is 0 Å². The van der Waals surface area contributed by atoms with Crippen molar-refractivity contribution >= 4 is 28.7 Å². The van der Waals surface area contributed by atoms with Gasteiger partial charge in [-0.15, -0.1) is 16.4 Å². The number of thiophene rings is 1. The normalized spacial score (nSPS) is 15.4. The Morgan fingerprint density at radius 1 is 1.14 bits per heavy atom. The number of aromatic nitrogens is 2. The number of hydrogen-bond donors (Lipinski definition) is 0. The Morgan fingerprint density at radius 3 is 2.62 bits per heavy atom. The Balaban J connectivity index is 1.66. The summed E-state index contributed by atoms with van der Waals surface area (Å²) in [7, 11) is 6.18. The smallest absolute Gasteiger partial charge is 0.269 e. The van der Waals surface area contributed by atoms with E-state index in [0.717, 1.165) is 42.2 Å². The number of amides is 1. The summed E-state index contributed by atoms with van der Waals surface area (Å²) in [5.41, 5.74) is 2.09. The molecule has 1 saturated heterocycles. The molecule has 0 atom stereocenters. The van der Waals surface area contributed by atoms with E-state index in [0.29, 0.717) is 5.82 Å². The van der Waals surface area contributed by atoms with E-state index in [2.05, 4.69) is 29.0 Å². The first-order valence-electron chi connectivity index (χ1n) is 9.92. The second kappa shape index (κ2) is 8.39. The van der Waals surface area contributed by atoms with Crippen LogP contribution in [0, 0.1) is 0 Å². The van der Waals surface area contributed by atoms with Crippen LogP contribution in [0.4, 0.5) is 11.5 Å². The van der Waals surface area contributed by atoms with Crippen LogP contribution in [0.2, 0.25) is 0 Å². The molecule has 4 rings (SSSR count). The number of nitrogens with zero attached hydrogens (tertiary/aromatic N) is 5. The minimum atomic E-state index is 0.0434. The van der Waals surface area contributed by atoms with Gasteiger partial charge in [-0.1, -0.05) is 12.1 Å². The van der Waals surface area contributed by atoms with Crippen LogP contribution in [0.3, 0.4) is 0 Å². The van der Waals surface area contributed by atoms with Crippen molar-refractivity contribution in [2.45, 2.75) is 18.9 Å². The first-order chi connectivity index (χ1) is 14.0. The SMILES string of the molecule is CN1CCC(N(C(=O)c2cccs2)c2ccn(-c3cccc(N(C)C)c3)n2)CC1. The van der Waals surface area contributed by atoms with Gasteiger partial charge in [0.1, 0.15) is 0 Å². The van der Waals surface area contributed by atoms with Crippen molar-refractivity contribution in [3.8, 4) is 5.69 Å². The predicted molar refractivity (Wildman–Crippen MR) is 120 cm³/mol. The van der Waals surface area contributed by atoms with Crippen molar-refractivity contribution < 1.29 is 4.79 Å². The topological polar surface area (TPSA) is 44.6 Å². The molecule has 3 aromatic rings. The molecule has 6 nitrogen and oxygen atoms in total. The Bertz CT molecular complexity index is 957. The molecule has 0 radical (unpaired) electrons. The van der Waals surface area contributed by atoms with E-state index < -0.39 is 0 Å². The quantitative estimate of drug-likeness (QED) is 0.644. The van der Waals surface area contributed by atoms with Gasteiger partial charge in [-0.3, -0.25) is 9.69 Å². The molecule has 0 saturated carbocycles. The second-order valence-corrected chi connectivity index (χ2v) is 8.67. The van der Waals surface area contributed by atoms with Gasteiger partial charge in [-0.05, 0) is 62.6 Å². The highest BCUT2D eigenvalue weighted by Gasteiger charge is 2.31. The van der Waals surface area contributed by atoms with E-state index in [4.69, 9.17) is 5.10 Å². The number of piperidine rings is 1. The van der Waals surface area contributed by atoms with Crippen LogP contribution in [0.25, 0.3) is 5.69 Å². The fourth-order valence-electron chi connectivity index (χ4n) is 3.73. The molecule has 1 aliphatic heterocycles. The first-order valence-corrected chi connectivity index (χ1v) is 10.8. The highest BCUT2D eigenvalue weighted by atomic mass is 32.1. The lowest BCUT2D eigenvalue weighted by atomic mass is 10.0. The van der Waals surface area contributed by atoms with Crippen molar-refractivity contribution in [2.75, 3.05) is 44.0 Å². The Kier molecular flexibility index (Phi) is 5.69. The molecular formula is C22H27N5OS. The standard InChI is InChI=1S/C22H27N5OS/c1-24(2)18-6-4-7-19(16-18)26-14-11-21(23-26)27(17-9-12-25(3)13-10-17)22(28)20-8-5-15-29-20/h4-8,11,14-17H,9-10,12-13H2,1-3H3. The Morgan fingerprint density at radius 2 is 1.93 bits per heavy atom. The molecule has 1 aromatic carbocycles. The van der Waals surface area contributed by atoms with Gasteiger partial charge in [-0.2, -0.15) is 0 Å². The van der Waals surface area contributed by atoms with E-state index >= 15 is 0 Å².